The highest BCUT2D eigenvalue weighted by molar-refractivity contribution is 7.92. The highest BCUT2D eigenvalue weighted by atomic mass is 32.2. The molecule has 0 spiro atoms. The molecule has 0 aliphatic heterocycles. The first-order valence-electron chi connectivity index (χ1n) is 7.97. The van der Waals surface area contributed by atoms with Crippen molar-refractivity contribution in [3.63, 3.8) is 0 Å². The number of amides is 1. The molecule has 0 aliphatic carbocycles. The number of carboxylic acid groups (broad SMARTS) is 1. The van der Waals surface area contributed by atoms with Crippen molar-refractivity contribution in [3.05, 3.63) is 59.9 Å². The van der Waals surface area contributed by atoms with Crippen molar-refractivity contribution >= 4 is 27.4 Å². The number of aromatic carboxylic acids is 1. The fourth-order valence-corrected chi connectivity index (χ4v) is 3.34. The molecule has 0 aliphatic rings. The molecular weight excluding hydrogens is 377 g/mol. The molecule has 144 valence electrons. The van der Waals surface area contributed by atoms with Gasteiger partial charge in [-0.1, -0.05) is 0 Å². The number of carboxylic acids is 1. The lowest BCUT2D eigenvalue weighted by atomic mass is 10.2. The normalized spacial score (nSPS) is 11.0. The SMILES string of the molecule is O=C(CS(=O)(=O)CCCOc1ccc(C(=O)O)cc1)Nc1ccc(F)cc1. The fraction of sp³-hybridized carbons (Fsp3) is 0.222. The monoisotopic (exact) mass is 395 g/mol. The van der Waals surface area contributed by atoms with Gasteiger partial charge in [-0.15, -0.1) is 0 Å². The molecular formula is C18H18FNO6S. The molecule has 2 aromatic rings. The quantitative estimate of drug-likeness (QED) is 0.631. The second kappa shape index (κ2) is 9.13. The summed E-state index contributed by atoms with van der Waals surface area (Å²) in [6.07, 6.45) is 0.173. The lowest BCUT2D eigenvalue weighted by Gasteiger charge is -2.08. The standard InChI is InChI=1S/C18H18FNO6S/c19-14-4-6-15(7-5-14)20-17(21)12-27(24,25)11-1-10-26-16-8-2-13(3-9-16)18(22)23/h2-9H,1,10-12H2,(H,20,21)(H,22,23). The van der Waals surface area contributed by atoms with E-state index < -0.39 is 33.3 Å². The maximum Gasteiger partial charge on any atom is 0.335 e. The molecule has 0 heterocycles. The van der Waals surface area contributed by atoms with E-state index in [1.165, 1.54) is 36.4 Å². The summed E-state index contributed by atoms with van der Waals surface area (Å²) in [6.45, 7) is 0.102. The minimum absolute atomic E-state index is 0.102. The van der Waals surface area contributed by atoms with Gasteiger partial charge in [0.05, 0.1) is 17.9 Å². The van der Waals surface area contributed by atoms with Gasteiger partial charge in [0.15, 0.2) is 9.84 Å². The Morgan fingerprint density at radius 3 is 2.26 bits per heavy atom. The number of halogens is 1. The van der Waals surface area contributed by atoms with Crippen LogP contribution in [0, 0.1) is 5.82 Å². The van der Waals surface area contributed by atoms with Gasteiger partial charge in [0.1, 0.15) is 17.3 Å². The number of ether oxygens (including phenoxy) is 1. The summed E-state index contributed by atoms with van der Waals surface area (Å²) in [7, 11) is -3.63. The van der Waals surface area contributed by atoms with Gasteiger partial charge in [-0.25, -0.2) is 17.6 Å². The highest BCUT2D eigenvalue weighted by Gasteiger charge is 2.16. The Morgan fingerprint density at radius 2 is 1.67 bits per heavy atom. The number of nitrogens with one attached hydrogen (secondary N) is 1. The lowest BCUT2D eigenvalue weighted by Crippen LogP contribution is -2.25. The van der Waals surface area contributed by atoms with Crippen LogP contribution in [0.15, 0.2) is 48.5 Å². The highest BCUT2D eigenvalue weighted by Crippen LogP contribution is 2.13. The fourth-order valence-electron chi connectivity index (χ4n) is 2.16. The molecule has 2 N–H and O–H groups in total. The van der Waals surface area contributed by atoms with E-state index in [0.29, 0.717) is 11.4 Å². The molecule has 7 nitrogen and oxygen atoms in total. The number of hydrogen-bond donors (Lipinski definition) is 2. The molecule has 2 aromatic carbocycles. The van der Waals surface area contributed by atoms with Crippen LogP contribution in [0.2, 0.25) is 0 Å². The van der Waals surface area contributed by atoms with Gasteiger partial charge in [0.25, 0.3) is 0 Å². The Bertz CT molecular complexity index is 894. The minimum atomic E-state index is -3.63. The number of sulfone groups is 1. The lowest BCUT2D eigenvalue weighted by molar-refractivity contribution is -0.113. The van der Waals surface area contributed by atoms with E-state index in [0.717, 1.165) is 12.1 Å². The molecule has 0 fully saturated rings. The van der Waals surface area contributed by atoms with E-state index in [-0.39, 0.29) is 24.3 Å². The summed E-state index contributed by atoms with van der Waals surface area (Å²) in [5.41, 5.74) is 0.432. The number of hydrogen-bond acceptors (Lipinski definition) is 5. The van der Waals surface area contributed by atoms with Crippen molar-refractivity contribution in [3.8, 4) is 5.75 Å². The van der Waals surface area contributed by atoms with Crippen LogP contribution < -0.4 is 10.1 Å². The zero-order chi connectivity index (χ0) is 19.9. The van der Waals surface area contributed by atoms with Crippen molar-refractivity contribution in [1.82, 2.24) is 0 Å². The molecule has 0 saturated carbocycles. The molecule has 0 unspecified atom stereocenters. The van der Waals surface area contributed by atoms with Crippen molar-refractivity contribution < 1.29 is 32.2 Å². The van der Waals surface area contributed by atoms with Crippen molar-refractivity contribution in [1.29, 1.82) is 0 Å². The zero-order valence-electron chi connectivity index (χ0n) is 14.2. The zero-order valence-corrected chi connectivity index (χ0v) is 15.0. The van der Waals surface area contributed by atoms with E-state index in [2.05, 4.69) is 5.32 Å². The van der Waals surface area contributed by atoms with E-state index in [9.17, 15) is 22.4 Å². The third kappa shape index (κ3) is 7.06. The predicted molar refractivity (Wildman–Crippen MR) is 97.2 cm³/mol. The van der Waals surface area contributed by atoms with Gasteiger partial charge in [0, 0.05) is 5.69 Å². The predicted octanol–water partition coefficient (Wildman–Crippen LogP) is 2.35. The number of rotatable bonds is 9. The Hall–Kier alpha value is -2.94. The van der Waals surface area contributed by atoms with E-state index in [4.69, 9.17) is 9.84 Å². The molecule has 0 atom stereocenters. The summed E-state index contributed by atoms with van der Waals surface area (Å²) in [6, 6.07) is 10.7. The number of carbonyl (C=O) groups is 2. The van der Waals surface area contributed by atoms with Crippen LogP contribution in [0.25, 0.3) is 0 Å². The first kappa shape index (κ1) is 20.4. The van der Waals surface area contributed by atoms with Crippen LogP contribution in [0.5, 0.6) is 5.75 Å². The van der Waals surface area contributed by atoms with E-state index >= 15 is 0 Å². The van der Waals surface area contributed by atoms with Crippen LogP contribution in [0.4, 0.5) is 10.1 Å². The van der Waals surface area contributed by atoms with Gasteiger partial charge < -0.3 is 15.2 Å². The molecule has 9 heteroatoms. The van der Waals surface area contributed by atoms with Gasteiger partial charge >= 0.3 is 5.97 Å². The summed E-state index contributed by atoms with van der Waals surface area (Å²) in [5, 5.41) is 11.2. The van der Waals surface area contributed by atoms with E-state index in [1.807, 2.05) is 0 Å². The number of benzene rings is 2. The van der Waals surface area contributed by atoms with Crippen LogP contribution in [-0.2, 0) is 14.6 Å². The van der Waals surface area contributed by atoms with Crippen molar-refractivity contribution in [2.45, 2.75) is 6.42 Å². The molecule has 0 aromatic heterocycles. The Labute approximate surface area is 155 Å². The molecule has 0 bridgehead atoms. The summed E-state index contributed by atoms with van der Waals surface area (Å²) >= 11 is 0. The number of carbonyl (C=O) groups excluding carboxylic acids is 1. The molecule has 27 heavy (non-hydrogen) atoms. The van der Waals surface area contributed by atoms with Gasteiger partial charge in [-0.3, -0.25) is 4.79 Å². The van der Waals surface area contributed by atoms with Crippen LogP contribution in [-0.4, -0.2) is 43.5 Å². The Morgan fingerprint density at radius 1 is 1.04 bits per heavy atom. The maximum atomic E-state index is 12.8. The second-order valence-electron chi connectivity index (χ2n) is 5.68. The molecule has 1 amide bonds. The van der Waals surface area contributed by atoms with Gasteiger partial charge in [-0.2, -0.15) is 0 Å². The Kier molecular flexibility index (Phi) is 6.89. The maximum absolute atomic E-state index is 12.8. The average molecular weight is 395 g/mol. The molecule has 0 radical (unpaired) electrons. The molecule has 2 rings (SSSR count). The van der Waals surface area contributed by atoms with Crippen molar-refractivity contribution in [2.75, 3.05) is 23.4 Å². The summed E-state index contributed by atoms with van der Waals surface area (Å²) < 4.78 is 42.1. The topological polar surface area (TPSA) is 110 Å². The number of anilines is 1. The summed E-state index contributed by atoms with van der Waals surface area (Å²) in [4.78, 5) is 22.5. The second-order valence-corrected chi connectivity index (χ2v) is 7.86. The van der Waals surface area contributed by atoms with Crippen LogP contribution >= 0.6 is 0 Å². The summed E-state index contributed by atoms with van der Waals surface area (Å²) in [5.74, 6) is -2.71. The van der Waals surface area contributed by atoms with Crippen molar-refractivity contribution in [2.24, 2.45) is 0 Å². The average Bonchev–Trinajstić information content (AvgIpc) is 2.60. The smallest absolute Gasteiger partial charge is 0.335 e. The largest absolute Gasteiger partial charge is 0.494 e. The Balaban J connectivity index is 1.74. The first-order chi connectivity index (χ1) is 12.7. The third-order valence-corrected chi connectivity index (χ3v) is 5.06. The van der Waals surface area contributed by atoms with Crippen LogP contribution in [0.1, 0.15) is 16.8 Å². The minimum Gasteiger partial charge on any atom is -0.494 e. The van der Waals surface area contributed by atoms with E-state index in [1.54, 1.807) is 0 Å². The van der Waals surface area contributed by atoms with Gasteiger partial charge in [0.2, 0.25) is 5.91 Å². The molecule has 0 saturated heterocycles. The first-order valence-corrected chi connectivity index (χ1v) is 9.79. The van der Waals surface area contributed by atoms with Gasteiger partial charge in [-0.05, 0) is 55.0 Å². The van der Waals surface area contributed by atoms with Crippen LogP contribution in [0.3, 0.4) is 0 Å². The third-order valence-electron chi connectivity index (χ3n) is 3.45.